The average Bonchev–Trinajstić information content (AvgIpc) is 2.80. The summed E-state index contributed by atoms with van der Waals surface area (Å²) in [5.74, 6) is -4.68. The SMILES string of the molecule is CN1C[C@@H](C(F)(F)F)[C@H](C(=O)Nc2cccc(C(F)(F)F)n2)C1. The zero-order valence-corrected chi connectivity index (χ0v) is 11.9. The molecule has 10 heteroatoms. The molecule has 2 rings (SSSR count). The Morgan fingerprint density at radius 1 is 1.22 bits per heavy atom. The number of nitrogens with one attached hydrogen (secondary N) is 1. The van der Waals surface area contributed by atoms with E-state index in [0.717, 1.165) is 12.1 Å². The van der Waals surface area contributed by atoms with Crippen LogP contribution < -0.4 is 5.32 Å². The summed E-state index contributed by atoms with van der Waals surface area (Å²) in [5.41, 5.74) is -1.23. The largest absolute Gasteiger partial charge is 0.433 e. The molecule has 128 valence electrons. The summed E-state index contributed by atoms with van der Waals surface area (Å²) in [6.45, 7) is -0.466. The van der Waals surface area contributed by atoms with Crippen LogP contribution in [0.3, 0.4) is 0 Å². The fourth-order valence-corrected chi connectivity index (χ4v) is 2.48. The maximum absolute atomic E-state index is 12.9. The number of hydrogen-bond donors (Lipinski definition) is 1. The molecule has 0 bridgehead atoms. The number of pyridine rings is 1. The lowest BCUT2D eigenvalue weighted by molar-refractivity contribution is -0.182. The summed E-state index contributed by atoms with van der Waals surface area (Å²) in [7, 11) is 1.44. The molecule has 0 saturated carbocycles. The van der Waals surface area contributed by atoms with Crippen LogP contribution in [0.25, 0.3) is 0 Å². The third-order valence-corrected chi connectivity index (χ3v) is 3.55. The lowest BCUT2D eigenvalue weighted by Gasteiger charge is -2.20. The van der Waals surface area contributed by atoms with E-state index >= 15 is 0 Å². The van der Waals surface area contributed by atoms with Gasteiger partial charge >= 0.3 is 12.4 Å². The molecule has 0 unspecified atom stereocenters. The summed E-state index contributed by atoms with van der Waals surface area (Å²) >= 11 is 0. The Morgan fingerprint density at radius 3 is 2.43 bits per heavy atom. The van der Waals surface area contributed by atoms with Crippen LogP contribution in [0.5, 0.6) is 0 Å². The molecule has 2 atom stereocenters. The first-order chi connectivity index (χ1) is 10.5. The minimum Gasteiger partial charge on any atom is -0.310 e. The molecule has 2 heterocycles. The number of likely N-dealkylation sites (tertiary alicyclic amines) is 1. The van der Waals surface area contributed by atoms with Gasteiger partial charge in [0.15, 0.2) is 0 Å². The molecule has 1 aliphatic heterocycles. The van der Waals surface area contributed by atoms with Gasteiger partial charge in [-0.3, -0.25) is 4.79 Å². The van der Waals surface area contributed by atoms with E-state index in [-0.39, 0.29) is 13.1 Å². The van der Waals surface area contributed by atoms with Gasteiger partial charge in [-0.1, -0.05) is 6.07 Å². The number of rotatable bonds is 2. The number of halogens is 6. The Labute approximate surface area is 127 Å². The summed E-state index contributed by atoms with van der Waals surface area (Å²) in [6, 6.07) is 2.82. The number of carbonyl (C=O) groups is 1. The van der Waals surface area contributed by atoms with E-state index in [0.29, 0.717) is 6.07 Å². The zero-order chi connectivity index (χ0) is 17.4. The van der Waals surface area contributed by atoms with Gasteiger partial charge in [-0.2, -0.15) is 26.3 Å². The van der Waals surface area contributed by atoms with Gasteiger partial charge in [0.1, 0.15) is 11.5 Å². The molecule has 1 fully saturated rings. The highest BCUT2D eigenvalue weighted by Gasteiger charge is 2.51. The van der Waals surface area contributed by atoms with Crippen molar-refractivity contribution in [1.29, 1.82) is 0 Å². The molecule has 0 aliphatic carbocycles. The highest BCUT2D eigenvalue weighted by Crippen LogP contribution is 2.37. The molecular formula is C13H13F6N3O. The third-order valence-electron chi connectivity index (χ3n) is 3.55. The van der Waals surface area contributed by atoms with Crippen LogP contribution in [-0.2, 0) is 11.0 Å². The van der Waals surface area contributed by atoms with Crippen molar-refractivity contribution in [3.63, 3.8) is 0 Å². The quantitative estimate of drug-likeness (QED) is 0.842. The van der Waals surface area contributed by atoms with Crippen molar-refractivity contribution in [2.45, 2.75) is 12.4 Å². The van der Waals surface area contributed by atoms with Crippen molar-refractivity contribution in [3.8, 4) is 0 Å². The van der Waals surface area contributed by atoms with Gasteiger partial charge in [0.2, 0.25) is 5.91 Å². The van der Waals surface area contributed by atoms with Crippen LogP contribution >= 0.6 is 0 Å². The summed E-state index contributed by atoms with van der Waals surface area (Å²) in [4.78, 5) is 16.6. The van der Waals surface area contributed by atoms with Gasteiger partial charge in [-0.25, -0.2) is 4.98 Å². The monoisotopic (exact) mass is 341 g/mol. The number of hydrogen-bond acceptors (Lipinski definition) is 3. The van der Waals surface area contributed by atoms with Crippen LogP contribution in [0.1, 0.15) is 5.69 Å². The first kappa shape index (κ1) is 17.5. The predicted molar refractivity (Wildman–Crippen MR) is 68.4 cm³/mol. The van der Waals surface area contributed by atoms with E-state index in [9.17, 15) is 31.1 Å². The van der Waals surface area contributed by atoms with Gasteiger partial charge in [-0.15, -0.1) is 0 Å². The highest BCUT2D eigenvalue weighted by molar-refractivity contribution is 5.92. The first-order valence-electron chi connectivity index (χ1n) is 6.59. The number of anilines is 1. The van der Waals surface area contributed by atoms with E-state index in [1.165, 1.54) is 11.9 Å². The molecule has 1 N–H and O–H groups in total. The standard InChI is InChI=1S/C13H13F6N3O/c1-22-5-7(8(6-22)12(14,15)16)11(23)21-10-4-2-3-9(20-10)13(17,18)19/h2-4,7-8H,5-6H2,1H3,(H,20,21,23)/t7-,8-/m1/s1. The van der Waals surface area contributed by atoms with Crippen LogP contribution in [0.2, 0.25) is 0 Å². The third kappa shape index (κ3) is 4.12. The second-order valence-electron chi connectivity index (χ2n) is 5.37. The summed E-state index contributed by atoms with van der Waals surface area (Å²) in [6.07, 6.45) is -9.27. The lowest BCUT2D eigenvalue weighted by Crippen LogP contribution is -2.36. The number of nitrogens with zero attached hydrogens (tertiary/aromatic N) is 2. The first-order valence-corrected chi connectivity index (χ1v) is 6.59. The molecule has 23 heavy (non-hydrogen) atoms. The Balaban J connectivity index is 2.16. The molecular weight excluding hydrogens is 328 g/mol. The van der Waals surface area contributed by atoms with Crippen molar-refractivity contribution < 1.29 is 31.1 Å². The molecule has 0 radical (unpaired) electrons. The van der Waals surface area contributed by atoms with Crippen LogP contribution in [0.15, 0.2) is 18.2 Å². The van der Waals surface area contributed by atoms with E-state index in [2.05, 4.69) is 4.98 Å². The Bertz CT molecular complexity index is 586. The maximum Gasteiger partial charge on any atom is 0.433 e. The van der Waals surface area contributed by atoms with Gasteiger partial charge in [-0.05, 0) is 19.2 Å². The summed E-state index contributed by atoms with van der Waals surface area (Å²) in [5, 5.41) is 2.04. The number of alkyl halides is 6. The van der Waals surface area contributed by atoms with E-state index in [1.807, 2.05) is 5.32 Å². The van der Waals surface area contributed by atoms with Crippen LogP contribution in [0, 0.1) is 11.8 Å². The molecule has 1 aromatic rings. The number of carbonyl (C=O) groups excluding carboxylic acids is 1. The highest BCUT2D eigenvalue weighted by atomic mass is 19.4. The van der Waals surface area contributed by atoms with Crippen molar-refractivity contribution in [1.82, 2.24) is 9.88 Å². The smallest absolute Gasteiger partial charge is 0.310 e. The molecule has 0 spiro atoms. The normalized spacial score (nSPS) is 23.1. The van der Waals surface area contributed by atoms with Crippen LogP contribution in [-0.4, -0.2) is 42.1 Å². The second-order valence-corrected chi connectivity index (χ2v) is 5.37. The van der Waals surface area contributed by atoms with Crippen molar-refractivity contribution in [2.24, 2.45) is 11.8 Å². The lowest BCUT2D eigenvalue weighted by atomic mass is 9.94. The zero-order valence-electron chi connectivity index (χ0n) is 11.9. The predicted octanol–water partition coefficient (Wildman–Crippen LogP) is 2.78. The molecule has 4 nitrogen and oxygen atoms in total. The second kappa shape index (κ2) is 5.99. The summed E-state index contributed by atoms with van der Waals surface area (Å²) < 4.78 is 76.4. The Morgan fingerprint density at radius 2 is 1.87 bits per heavy atom. The van der Waals surface area contributed by atoms with Crippen molar-refractivity contribution in [3.05, 3.63) is 23.9 Å². The van der Waals surface area contributed by atoms with Gasteiger partial charge in [0.05, 0.1) is 11.8 Å². The van der Waals surface area contributed by atoms with Gasteiger partial charge in [0.25, 0.3) is 0 Å². The Kier molecular flexibility index (Phi) is 4.56. The number of aromatic nitrogens is 1. The molecule has 1 saturated heterocycles. The molecule has 0 aromatic carbocycles. The molecule has 1 aromatic heterocycles. The van der Waals surface area contributed by atoms with Crippen LogP contribution in [0.4, 0.5) is 32.2 Å². The Hall–Kier alpha value is -1.84. The minimum atomic E-state index is -4.71. The van der Waals surface area contributed by atoms with Crippen molar-refractivity contribution >= 4 is 11.7 Å². The minimum absolute atomic E-state index is 0.130. The fourth-order valence-electron chi connectivity index (χ4n) is 2.48. The molecule has 1 aliphatic rings. The maximum atomic E-state index is 12.9. The van der Waals surface area contributed by atoms with Gasteiger partial charge in [0, 0.05) is 13.1 Å². The topological polar surface area (TPSA) is 45.2 Å². The fraction of sp³-hybridized carbons (Fsp3) is 0.538. The van der Waals surface area contributed by atoms with Crippen molar-refractivity contribution in [2.75, 3.05) is 25.5 Å². The van der Waals surface area contributed by atoms with E-state index in [1.54, 1.807) is 0 Å². The number of amides is 1. The van der Waals surface area contributed by atoms with Gasteiger partial charge < -0.3 is 10.2 Å². The average molecular weight is 341 g/mol. The van der Waals surface area contributed by atoms with E-state index in [4.69, 9.17) is 0 Å². The molecule has 1 amide bonds. The van der Waals surface area contributed by atoms with E-state index < -0.39 is 41.6 Å².